The minimum absolute atomic E-state index is 0.283. The minimum atomic E-state index is 0.283. The first-order valence-electron chi connectivity index (χ1n) is 10.8. The van der Waals surface area contributed by atoms with Crippen LogP contribution in [0.2, 0.25) is 0 Å². The molecule has 0 spiro atoms. The summed E-state index contributed by atoms with van der Waals surface area (Å²) in [6.45, 7) is 3.01. The second-order valence-corrected chi connectivity index (χ2v) is 9.46. The lowest BCUT2D eigenvalue weighted by molar-refractivity contribution is -0.0601. The van der Waals surface area contributed by atoms with E-state index in [-0.39, 0.29) is 5.82 Å². The van der Waals surface area contributed by atoms with E-state index in [1.165, 1.54) is 37.9 Å². The first-order chi connectivity index (χ1) is 14.2. The number of aromatic nitrogens is 3. The number of anilines is 1. The molecule has 6 aliphatic rings. The fourth-order valence-electron chi connectivity index (χ4n) is 6.63. The fourth-order valence-corrected chi connectivity index (χ4v) is 6.63. The third-order valence-corrected chi connectivity index (χ3v) is 8.25. The van der Waals surface area contributed by atoms with Gasteiger partial charge in [-0.1, -0.05) is 12.8 Å². The third-order valence-electron chi connectivity index (χ3n) is 8.25. The van der Waals surface area contributed by atoms with Gasteiger partial charge in [0.2, 0.25) is 0 Å². The molecule has 2 bridgehead atoms. The Balaban J connectivity index is 1.30. The van der Waals surface area contributed by atoms with Crippen molar-refractivity contribution in [3.63, 3.8) is 0 Å². The monoisotopic (exact) mass is 388 g/mol. The maximum Gasteiger partial charge on any atom is 0.141 e. The molecule has 0 radical (unpaired) electrons. The zero-order valence-corrected chi connectivity index (χ0v) is 16.3. The molecule has 1 unspecified atom stereocenters. The Hall–Kier alpha value is -2.43. The smallest absolute Gasteiger partial charge is 0.141 e. The molecule has 0 amide bonds. The average molecular weight is 388 g/mol. The molecule has 8 rings (SSSR count). The van der Waals surface area contributed by atoms with Crippen LogP contribution in [-0.4, -0.2) is 51.5 Å². The predicted molar refractivity (Wildman–Crippen MR) is 106 cm³/mol. The lowest BCUT2D eigenvalue weighted by atomic mass is 10.0. The van der Waals surface area contributed by atoms with E-state index in [0.717, 1.165) is 36.3 Å². The van der Waals surface area contributed by atoms with E-state index in [1.807, 2.05) is 6.07 Å². The maximum atomic E-state index is 9.34. The van der Waals surface area contributed by atoms with Crippen LogP contribution in [0.25, 0.3) is 11.3 Å². The highest BCUT2D eigenvalue weighted by Crippen LogP contribution is 2.86. The number of nitrogens with two attached hydrogens (primary N) is 1. The van der Waals surface area contributed by atoms with Gasteiger partial charge in [0.1, 0.15) is 11.9 Å². The second-order valence-electron chi connectivity index (χ2n) is 9.46. The number of ether oxygens (including phenoxy) is 1. The number of hydrogen-bond donors (Lipinski definition) is 1. The number of pyridine rings is 1. The molecule has 7 nitrogen and oxygen atoms in total. The number of nitrogen functional groups attached to an aromatic ring is 1. The Kier molecular flexibility index (Phi) is 3.04. The van der Waals surface area contributed by atoms with E-state index >= 15 is 0 Å². The zero-order chi connectivity index (χ0) is 19.3. The van der Waals surface area contributed by atoms with E-state index < -0.39 is 0 Å². The van der Waals surface area contributed by atoms with Crippen LogP contribution in [0.5, 0.6) is 0 Å². The second kappa shape index (κ2) is 5.38. The van der Waals surface area contributed by atoms with Gasteiger partial charge in [-0.25, -0.2) is 4.98 Å². The van der Waals surface area contributed by atoms with Crippen LogP contribution in [0.1, 0.15) is 43.0 Å². The lowest BCUT2D eigenvalue weighted by Gasteiger charge is -2.34. The number of hydrogen-bond acceptors (Lipinski definition) is 6. The van der Waals surface area contributed by atoms with Gasteiger partial charge in [-0.15, -0.1) is 0 Å². The first-order valence-corrected chi connectivity index (χ1v) is 10.8. The van der Waals surface area contributed by atoms with Gasteiger partial charge in [0.15, 0.2) is 0 Å². The lowest BCUT2D eigenvalue weighted by Crippen LogP contribution is -2.48. The van der Waals surface area contributed by atoms with Gasteiger partial charge in [0, 0.05) is 35.5 Å². The summed E-state index contributed by atoms with van der Waals surface area (Å²) in [5, 5.41) is 14.4. The van der Waals surface area contributed by atoms with Crippen molar-refractivity contribution in [1.82, 2.24) is 19.7 Å². The maximum absolute atomic E-state index is 9.34. The summed E-state index contributed by atoms with van der Waals surface area (Å²) in [6.07, 6.45) is 6.76. The van der Waals surface area contributed by atoms with Crippen LogP contribution in [0.3, 0.4) is 0 Å². The minimum Gasteiger partial charge on any atom is -0.383 e. The molecule has 3 aliphatic carbocycles. The third kappa shape index (κ3) is 1.94. The summed E-state index contributed by atoms with van der Waals surface area (Å²) in [5.74, 6) is 1.88. The van der Waals surface area contributed by atoms with Gasteiger partial charge >= 0.3 is 0 Å². The van der Waals surface area contributed by atoms with Gasteiger partial charge in [-0.2, -0.15) is 10.4 Å². The summed E-state index contributed by atoms with van der Waals surface area (Å²) in [6, 6.07) is 8.08. The highest BCUT2D eigenvalue weighted by molar-refractivity contribution is 5.67. The quantitative estimate of drug-likeness (QED) is 0.862. The first kappa shape index (κ1) is 16.4. The highest BCUT2D eigenvalue weighted by atomic mass is 16.5. The van der Waals surface area contributed by atoms with Gasteiger partial charge in [-0.05, 0) is 36.8 Å². The van der Waals surface area contributed by atoms with Crippen LogP contribution in [-0.2, 0) is 10.2 Å². The molecule has 148 valence electrons. The number of rotatable bonds is 4. The van der Waals surface area contributed by atoms with Gasteiger partial charge < -0.3 is 10.5 Å². The average Bonchev–Trinajstić information content (AvgIpc) is 3.19. The van der Waals surface area contributed by atoms with Gasteiger partial charge in [-0.3, -0.25) is 9.58 Å². The molecule has 2 aromatic rings. The Labute approximate surface area is 169 Å². The molecule has 3 saturated heterocycles. The Morgan fingerprint density at radius 1 is 1.21 bits per heavy atom. The molecule has 0 aromatic carbocycles. The van der Waals surface area contributed by atoms with E-state index in [9.17, 15) is 5.26 Å². The summed E-state index contributed by atoms with van der Waals surface area (Å²) in [4.78, 5) is 6.94. The van der Waals surface area contributed by atoms with Crippen molar-refractivity contribution in [2.24, 2.45) is 11.8 Å². The van der Waals surface area contributed by atoms with E-state index in [4.69, 9.17) is 15.6 Å². The van der Waals surface area contributed by atoms with Crippen molar-refractivity contribution in [1.29, 1.82) is 5.26 Å². The van der Waals surface area contributed by atoms with E-state index in [0.29, 0.717) is 29.1 Å². The molecule has 3 aliphatic heterocycles. The van der Waals surface area contributed by atoms with Crippen molar-refractivity contribution in [2.45, 2.75) is 49.2 Å². The van der Waals surface area contributed by atoms with E-state index in [2.05, 4.69) is 26.7 Å². The number of nitrogens with zero attached hydrogens (tertiary/aromatic N) is 5. The van der Waals surface area contributed by atoms with Gasteiger partial charge in [0.25, 0.3) is 0 Å². The van der Waals surface area contributed by atoms with Crippen molar-refractivity contribution in [3.05, 3.63) is 29.6 Å². The summed E-state index contributed by atoms with van der Waals surface area (Å²) in [7, 11) is 0. The molecule has 7 heteroatoms. The normalized spacial score (nSPS) is 35.3. The van der Waals surface area contributed by atoms with Crippen molar-refractivity contribution in [3.8, 4) is 17.3 Å². The molecule has 5 heterocycles. The Morgan fingerprint density at radius 3 is 2.72 bits per heavy atom. The number of fused-ring (bicyclic) bond motifs is 1. The van der Waals surface area contributed by atoms with Crippen molar-refractivity contribution in [2.75, 3.05) is 25.5 Å². The topological polar surface area (TPSA) is 93.0 Å². The molecule has 2 aromatic heterocycles. The Bertz CT molecular complexity index is 1060. The highest BCUT2D eigenvalue weighted by Gasteiger charge is 2.94. The predicted octanol–water partition coefficient (Wildman–Crippen LogP) is 2.09. The van der Waals surface area contributed by atoms with Crippen LogP contribution < -0.4 is 5.73 Å². The zero-order valence-electron chi connectivity index (χ0n) is 16.3. The molecule has 6 fully saturated rings. The van der Waals surface area contributed by atoms with Crippen molar-refractivity contribution >= 4 is 5.82 Å². The summed E-state index contributed by atoms with van der Waals surface area (Å²) >= 11 is 0. The van der Waals surface area contributed by atoms with Crippen LogP contribution in [0.4, 0.5) is 5.82 Å². The van der Waals surface area contributed by atoms with E-state index in [1.54, 1.807) is 6.20 Å². The van der Waals surface area contributed by atoms with Crippen LogP contribution >= 0.6 is 0 Å². The molecular weight excluding hydrogens is 364 g/mol. The molecule has 4 atom stereocenters. The largest absolute Gasteiger partial charge is 0.383 e. The van der Waals surface area contributed by atoms with Crippen molar-refractivity contribution < 1.29 is 4.74 Å². The van der Waals surface area contributed by atoms with Crippen LogP contribution in [0.15, 0.2) is 18.3 Å². The number of nitriles is 1. The fraction of sp³-hybridized carbons (Fsp3) is 0.591. The molecule has 3 saturated carbocycles. The standard InChI is InChI=1S/C22H24N6O/c23-7-12-5-13(8-25-21(12)24)17-6-18(28(26-17)14-3-1-2-4-14)22-16-9-27(15-10-29-11-15)20(22)19(16)22/h5-6,8,14-16,19-20H,1-4,9-11H2,(H2,24,25)/t16-,19-,20?,22-/m1/s1. The molecule has 2 N–H and O–H groups in total. The SMILES string of the molecule is N#Cc1cc(-c2cc([C@@]34C5[C@H]3[C@H]4CN5C3COC3)n(C3CCCC3)n2)cnc1N. The molecule has 29 heavy (non-hydrogen) atoms. The summed E-state index contributed by atoms with van der Waals surface area (Å²) < 4.78 is 7.82. The van der Waals surface area contributed by atoms with Gasteiger partial charge in [0.05, 0.1) is 36.6 Å². The molecular formula is C22H24N6O. The number of piperidine rings is 1. The Morgan fingerprint density at radius 2 is 2.03 bits per heavy atom. The summed E-state index contributed by atoms with van der Waals surface area (Å²) in [5.41, 5.74) is 9.82. The van der Waals surface area contributed by atoms with Crippen LogP contribution in [0, 0.1) is 23.2 Å².